The molecule has 0 aromatic heterocycles. The van der Waals surface area contributed by atoms with Gasteiger partial charge in [0.25, 0.3) is 5.91 Å². The van der Waals surface area contributed by atoms with E-state index < -0.39 is 5.91 Å². The molecule has 0 spiro atoms. The maximum Gasteiger partial charge on any atom is 0.266 e. The fourth-order valence-electron chi connectivity index (χ4n) is 2.97. The Bertz CT molecular complexity index is 1230. The van der Waals surface area contributed by atoms with Crippen molar-refractivity contribution in [3.63, 3.8) is 0 Å². The van der Waals surface area contributed by atoms with Crippen LogP contribution in [0.4, 0.5) is 5.69 Å². The molecule has 1 amide bonds. The number of amides is 1. The molecule has 0 aliphatic carbocycles. The Morgan fingerprint density at radius 1 is 1.12 bits per heavy atom. The normalized spacial score (nSPS) is 11.1. The van der Waals surface area contributed by atoms with Gasteiger partial charge in [0.1, 0.15) is 24.0 Å². The molecule has 0 bridgehead atoms. The first-order valence-electron chi connectivity index (χ1n) is 9.64. The number of rotatable bonds is 6. The number of carbonyl (C=O) groups excluding carboxylic acids is 1. The van der Waals surface area contributed by atoms with Gasteiger partial charge in [0, 0.05) is 10.7 Å². The Kier molecular flexibility index (Phi) is 8.14. The molecule has 0 saturated heterocycles. The van der Waals surface area contributed by atoms with Gasteiger partial charge in [-0.3, -0.25) is 4.79 Å². The molecule has 4 nitrogen and oxygen atoms in total. The Balaban J connectivity index is 1.79. The van der Waals surface area contributed by atoms with Crippen molar-refractivity contribution in [2.24, 2.45) is 0 Å². The van der Waals surface area contributed by atoms with E-state index in [-0.39, 0.29) is 5.57 Å². The van der Waals surface area contributed by atoms with Crippen molar-refractivity contribution < 1.29 is 9.53 Å². The number of hydrogen-bond donors (Lipinski definition) is 1. The van der Waals surface area contributed by atoms with E-state index in [1.807, 2.05) is 56.3 Å². The number of ether oxygens (including phenoxy) is 1. The monoisotopic (exact) mass is 572 g/mol. The van der Waals surface area contributed by atoms with Gasteiger partial charge >= 0.3 is 0 Å². The van der Waals surface area contributed by atoms with Crippen LogP contribution in [0, 0.1) is 25.2 Å². The lowest BCUT2D eigenvalue weighted by Crippen LogP contribution is -2.14. The summed E-state index contributed by atoms with van der Waals surface area (Å²) in [4.78, 5) is 12.7. The Labute approximate surface area is 209 Å². The van der Waals surface area contributed by atoms with Crippen LogP contribution in [0.5, 0.6) is 5.75 Å². The molecule has 0 atom stereocenters. The average molecular weight is 575 g/mol. The second-order valence-electron chi connectivity index (χ2n) is 7.10. The number of nitriles is 1. The van der Waals surface area contributed by atoms with Gasteiger partial charge in [0.15, 0.2) is 0 Å². The van der Waals surface area contributed by atoms with Crippen LogP contribution in [0.3, 0.4) is 0 Å². The summed E-state index contributed by atoms with van der Waals surface area (Å²) in [6.45, 7) is 4.24. The van der Waals surface area contributed by atoms with Gasteiger partial charge in [0.2, 0.25) is 0 Å². The molecule has 0 heterocycles. The fraction of sp³-hybridized carbons (Fsp3) is 0.120. The van der Waals surface area contributed by atoms with Gasteiger partial charge in [-0.05, 0) is 104 Å². The number of benzene rings is 3. The smallest absolute Gasteiger partial charge is 0.266 e. The highest BCUT2D eigenvalue weighted by molar-refractivity contribution is 9.11. The standard InChI is InChI=1S/C25H19Br2ClN2O2/c1-15-5-3-8-23(16(15)2)30-25(31)19(13-29)9-18-11-21(26)24(22(27)12-18)32-14-17-6-4-7-20(28)10-17/h3-12H,14H2,1-2H3,(H,30,31)/b19-9+. The summed E-state index contributed by atoms with van der Waals surface area (Å²) in [5.74, 6) is 0.148. The molecule has 1 N–H and O–H groups in total. The molecule has 162 valence electrons. The van der Waals surface area contributed by atoms with Gasteiger partial charge in [0.05, 0.1) is 8.95 Å². The van der Waals surface area contributed by atoms with Crippen molar-refractivity contribution in [2.45, 2.75) is 20.5 Å². The minimum Gasteiger partial charge on any atom is -0.487 e. The number of carbonyl (C=O) groups is 1. The quantitative estimate of drug-likeness (QED) is 0.244. The lowest BCUT2D eigenvalue weighted by Gasteiger charge is -2.12. The number of nitrogens with one attached hydrogen (secondary N) is 1. The van der Waals surface area contributed by atoms with E-state index in [4.69, 9.17) is 16.3 Å². The van der Waals surface area contributed by atoms with E-state index in [0.717, 1.165) is 16.7 Å². The van der Waals surface area contributed by atoms with Crippen molar-refractivity contribution in [2.75, 3.05) is 5.32 Å². The number of halogens is 3. The highest BCUT2D eigenvalue weighted by atomic mass is 79.9. The molecule has 3 aromatic rings. The number of aryl methyl sites for hydroxylation is 1. The lowest BCUT2D eigenvalue weighted by atomic mass is 10.1. The van der Waals surface area contributed by atoms with Crippen molar-refractivity contribution >= 4 is 61.1 Å². The highest BCUT2D eigenvalue weighted by Gasteiger charge is 2.14. The van der Waals surface area contributed by atoms with Crippen LogP contribution in [0.25, 0.3) is 6.08 Å². The zero-order valence-electron chi connectivity index (χ0n) is 17.4. The van der Waals surface area contributed by atoms with Gasteiger partial charge in [-0.25, -0.2) is 0 Å². The first-order chi connectivity index (χ1) is 15.3. The Morgan fingerprint density at radius 2 is 1.81 bits per heavy atom. The van der Waals surface area contributed by atoms with Crippen LogP contribution in [-0.2, 0) is 11.4 Å². The first-order valence-corrected chi connectivity index (χ1v) is 11.6. The van der Waals surface area contributed by atoms with Gasteiger partial charge < -0.3 is 10.1 Å². The van der Waals surface area contributed by atoms with E-state index in [0.29, 0.717) is 37.6 Å². The zero-order valence-corrected chi connectivity index (χ0v) is 21.3. The number of anilines is 1. The first kappa shape index (κ1) is 24.1. The number of nitrogens with zero attached hydrogens (tertiary/aromatic N) is 1. The van der Waals surface area contributed by atoms with Crippen LogP contribution >= 0.6 is 43.5 Å². The molecule has 0 aliphatic rings. The summed E-state index contributed by atoms with van der Waals surface area (Å²) in [6, 6.07) is 18.7. The Morgan fingerprint density at radius 3 is 2.47 bits per heavy atom. The van der Waals surface area contributed by atoms with Crippen molar-refractivity contribution in [1.29, 1.82) is 5.26 Å². The summed E-state index contributed by atoms with van der Waals surface area (Å²) in [5.41, 5.74) is 4.32. The molecule has 0 unspecified atom stereocenters. The third-order valence-corrected chi connectivity index (χ3v) is 6.23. The summed E-state index contributed by atoms with van der Waals surface area (Å²) in [7, 11) is 0. The summed E-state index contributed by atoms with van der Waals surface area (Å²) >= 11 is 13.1. The molecule has 0 fully saturated rings. The predicted octanol–water partition coefficient (Wildman–Crippen LogP) is 7.61. The minimum absolute atomic E-state index is 0.00250. The van der Waals surface area contributed by atoms with Crippen LogP contribution in [0.2, 0.25) is 5.02 Å². The van der Waals surface area contributed by atoms with Crippen LogP contribution in [-0.4, -0.2) is 5.91 Å². The molecule has 7 heteroatoms. The summed E-state index contributed by atoms with van der Waals surface area (Å²) < 4.78 is 7.30. The maximum atomic E-state index is 12.7. The summed E-state index contributed by atoms with van der Waals surface area (Å²) in [6.07, 6.45) is 1.54. The fourth-order valence-corrected chi connectivity index (χ4v) is 4.64. The third kappa shape index (κ3) is 6.01. The molecule has 3 rings (SSSR count). The van der Waals surface area contributed by atoms with E-state index in [1.54, 1.807) is 18.2 Å². The molecular formula is C25H19Br2ClN2O2. The molecule has 3 aromatic carbocycles. The van der Waals surface area contributed by atoms with E-state index in [2.05, 4.69) is 37.2 Å². The van der Waals surface area contributed by atoms with Crippen molar-refractivity contribution in [1.82, 2.24) is 0 Å². The minimum atomic E-state index is -0.463. The highest BCUT2D eigenvalue weighted by Crippen LogP contribution is 2.36. The Hall–Kier alpha value is -2.59. The predicted molar refractivity (Wildman–Crippen MR) is 136 cm³/mol. The SMILES string of the molecule is Cc1cccc(NC(=O)/C(C#N)=C/c2cc(Br)c(OCc3cccc(Cl)c3)c(Br)c2)c1C. The van der Waals surface area contributed by atoms with Crippen LogP contribution in [0.1, 0.15) is 22.3 Å². The van der Waals surface area contributed by atoms with Crippen molar-refractivity contribution in [3.8, 4) is 11.8 Å². The van der Waals surface area contributed by atoms with Gasteiger partial charge in [-0.2, -0.15) is 5.26 Å². The van der Waals surface area contributed by atoms with E-state index in [9.17, 15) is 10.1 Å². The molecule has 32 heavy (non-hydrogen) atoms. The maximum absolute atomic E-state index is 12.7. The molecule has 0 saturated carbocycles. The number of hydrogen-bond acceptors (Lipinski definition) is 3. The molecule has 0 radical (unpaired) electrons. The van der Waals surface area contributed by atoms with Crippen LogP contribution < -0.4 is 10.1 Å². The van der Waals surface area contributed by atoms with Gasteiger partial charge in [-0.15, -0.1) is 0 Å². The average Bonchev–Trinajstić information content (AvgIpc) is 2.74. The van der Waals surface area contributed by atoms with Gasteiger partial charge in [-0.1, -0.05) is 35.9 Å². The molecular weight excluding hydrogens is 556 g/mol. The van der Waals surface area contributed by atoms with Crippen molar-refractivity contribution in [3.05, 3.63) is 96.4 Å². The topological polar surface area (TPSA) is 62.1 Å². The summed E-state index contributed by atoms with van der Waals surface area (Å²) in [5, 5.41) is 13.0. The zero-order chi connectivity index (χ0) is 23.3. The molecule has 0 aliphatic heterocycles. The third-order valence-electron chi connectivity index (χ3n) is 4.82. The second-order valence-corrected chi connectivity index (χ2v) is 9.25. The van der Waals surface area contributed by atoms with E-state index in [1.165, 1.54) is 6.08 Å². The van der Waals surface area contributed by atoms with Crippen LogP contribution in [0.15, 0.2) is 69.1 Å². The van der Waals surface area contributed by atoms with E-state index >= 15 is 0 Å². The largest absolute Gasteiger partial charge is 0.487 e. The lowest BCUT2D eigenvalue weighted by molar-refractivity contribution is -0.112. The second kappa shape index (κ2) is 10.8.